The molecule has 0 fully saturated rings. The van der Waals surface area contributed by atoms with Gasteiger partial charge in [-0.15, -0.1) is 10.2 Å². The van der Waals surface area contributed by atoms with E-state index in [2.05, 4.69) is 26.1 Å². The second-order valence-corrected chi connectivity index (χ2v) is 5.01. The monoisotopic (exact) mass is 335 g/mol. The Hall–Kier alpha value is -2.28. The number of fused-ring (bicyclic) bond motifs is 1. The van der Waals surface area contributed by atoms with Crippen LogP contribution in [0.4, 0.5) is 4.39 Å². The quantitative estimate of drug-likeness (QED) is 0.781. The molecule has 0 radical (unpaired) electrons. The van der Waals surface area contributed by atoms with Crippen molar-refractivity contribution in [2.75, 3.05) is 0 Å². The fourth-order valence-electron chi connectivity index (χ4n) is 1.87. The molecule has 20 heavy (non-hydrogen) atoms. The Labute approximate surface area is 120 Å². The van der Waals surface area contributed by atoms with Gasteiger partial charge in [-0.25, -0.2) is 9.18 Å². The molecular weight excluding hydrogens is 329 g/mol. The number of hydrogen-bond acceptors (Lipinski definition) is 3. The van der Waals surface area contributed by atoms with E-state index in [1.165, 1.54) is 28.8 Å². The summed E-state index contributed by atoms with van der Waals surface area (Å²) in [5.74, 6) is -1.27. The summed E-state index contributed by atoms with van der Waals surface area (Å²) in [5, 5.41) is 16.8. The van der Waals surface area contributed by atoms with Gasteiger partial charge in [0.2, 0.25) is 0 Å². The number of halogens is 2. The molecule has 7 heteroatoms. The highest BCUT2D eigenvalue weighted by molar-refractivity contribution is 9.10. The molecule has 1 aromatic carbocycles. The predicted octanol–water partition coefficient (Wildman–Crippen LogP) is 3.00. The van der Waals surface area contributed by atoms with Crippen LogP contribution in [-0.2, 0) is 0 Å². The molecule has 0 saturated heterocycles. The van der Waals surface area contributed by atoms with Crippen molar-refractivity contribution < 1.29 is 14.3 Å². The van der Waals surface area contributed by atoms with Crippen LogP contribution in [0.15, 0.2) is 41.0 Å². The Balaban J connectivity index is 2.28. The summed E-state index contributed by atoms with van der Waals surface area (Å²) in [6.07, 6.45) is 1.37. The van der Waals surface area contributed by atoms with E-state index in [1.807, 2.05) is 0 Å². The summed E-state index contributed by atoms with van der Waals surface area (Å²) in [7, 11) is 0. The van der Waals surface area contributed by atoms with Crippen molar-refractivity contribution in [1.29, 1.82) is 0 Å². The molecule has 0 bridgehead atoms. The first kappa shape index (κ1) is 12.7. The van der Waals surface area contributed by atoms with E-state index in [9.17, 15) is 9.18 Å². The molecule has 0 atom stereocenters. The molecule has 2 aromatic heterocycles. The van der Waals surface area contributed by atoms with E-state index in [0.29, 0.717) is 10.1 Å². The second-order valence-electron chi connectivity index (χ2n) is 4.10. The lowest BCUT2D eigenvalue weighted by molar-refractivity contribution is 0.0696. The number of nitrogens with zero attached hydrogens (tertiary/aromatic N) is 3. The van der Waals surface area contributed by atoms with Gasteiger partial charge in [-0.05, 0) is 30.3 Å². The zero-order chi connectivity index (χ0) is 14.3. The van der Waals surface area contributed by atoms with Gasteiger partial charge in [0.1, 0.15) is 5.82 Å². The summed E-state index contributed by atoms with van der Waals surface area (Å²) in [5.41, 5.74) is 0.771. The fourth-order valence-corrected chi connectivity index (χ4v) is 2.23. The van der Waals surface area contributed by atoms with Gasteiger partial charge in [0.25, 0.3) is 0 Å². The molecule has 100 valence electrons. The van der Waals surface area contributed by atoms with Gasteiger partial charge in [-0.3, -0.25) is 4.40 Å². The van der Waals surface area contributed by atoms with E-state index in [4.69, 9.17) is 5.11 Å². The molecule has 2 heterocycles. The molecule has 5 nitrogen and oxygen atoms in total. The van der Waals surface area contributed by atoms with E-state index in [0.717, 1.165) is 0 Å². The molecular formula is C13H7BrFN3O2. The Morgan fingerprint density at radius 2 is 2.05 bits per heavy atom. The molecule has 0 unspecified atom stereocenters. The molecule has 0 aliphatic carbocycles. The van der Waals surface area contributed by atoms with Crippen LogP contribution in [0.3, 0.4) is 0 Å². The van der Waals surface area contributed by atoms with Gasteiger partial charge in [0.05, 0.1) is 11.1 Å². The number of carbonyl (C=O) groups is 1. The van der Waals surface area contributed by atoms with Crippen molar-refractivity contribution in [2.45, 2.75) is 0 Å². The third-order valence-electron chi connectivity index (χ3n) is 2.82. The molecule has 0 aliphatic heterocycles. The fraction of sp³-hybridized carbons (Fsp3) is 0. The van der Waals surface area contributed by atoms with Crippen LogP contribution < -0.4 is 0 Å². The second kappa shape index (κ2) is 4.68. The van der Waals surface area contributed by atoms with Gasteiger partial charge in [0, 0.05) is 10.7 Å². The average molecular weight is 336 g/mol. The van der Waals surface area contributed by atoms with Crippen LogP contribution in [0.1, 0.15) is 10.4 Å². The van der Waals surface area contributed by atoms with Crippen molar-refractivity contribution in [3.63, 3.8) is 0 Å². The van der Waals surface area contributed by atoms with Crippen LogP contribution in [0.25, 0.3) is 17.0 Å². The maximum Gasteiger partial charge on any atom is 0.337 e. The largest absolute Gasteiger partial charge is 0.478 e. The standard InChI is InChI=1S/C13H7BrFN3O2/c14-8-2-3-10(15)9(5-8)12-17-16-11-4-1-7(13(19)20)6-18(11)12/h1-6H,(H,19,20). The van der Waals surface area contributed by atoms with E-state index in [-0.39, 0.29) is 17.0 Å². The van der Waals surface area contributed by atoms with Crippen LogP contribution in [0.2, 0.25) is 0 Å². The molecule has 0 amide bonds. The number of pyridine rings is 1. The third kappa shape index (κ3) is 2.05. The first-order valence-electron chi connectivity index (χ1n) is 5.60. The Bertz CT molecular complexity index is 832. The lowest BCUT2D eigenvalue weighted by Crippen LogP contribution is -2.00. The molecule has 0 aliphatic rings. The first-order chi connectivity index (χ1) is 9.56. The molecule has 3 rings (SSSR count). The van der Waals surface area contributed by atoms with Crippen LogP contribution in [-0.4, -0.2) is 25.7 Å². The van der Waals surface area contributed by atoms with Crippen molar-refractivity contribution in [3.8, 4) is 11.4 Å². The smallest absolute Gasteiger partial charge is 0.337 e. The molecule has 0 saturated carbocycles. The van der Waals surface area contributed by atoms with Crippen molar-refractivity contribution in [1.82, 2.24) is 14.6 Å². The van der Waals surface area contributed by atoms with Crippen molar-refractivity contribution in [3.05, 3.63) is 52.4 Å². The lowest BCUT2D eigenvalue weighted by atomic mass is 10.2. The van der Waals surface area contributed by atoms with Gasteiger partial charge in [-0.1, -0.05) is 15.9 Å². The Kier molecular flexibility index (Phi) is 2.98. The number of rotatable bonds is 2. The number of carboxylic acids is 1. The SMILES string of the molecule is O=C(O)c1ccc2nnc(-c3cc(Br)ccc3F)n2c1. The zero-order valence-electron chi connectivity index (χ0n) is 9.92. The molecule has 1 N–H and O–H groups in total. The normalized spacial score (nSPS) is 10.9. The van der Waals surface area contributed by atoms with Crippen molar-refractivity contribution in [2.24, 2.45) is 0 Å². The lowest BCUT2D eigenvalue weighted by Gasteiger charge is -2.03. The van der Waals surface area contributed by atoms with Crippen LogP contribution >= 0.6 is 15.9 Å². The van der Waals surface area contributed by atoms with E-state index >= 15 is 0 Å². The minimum absolute atomic E-state index is 0.0777. The average Bonchev–Trinajstić information content (AvgIpc) is 2.84. The van der Waals surface area contributed by atoms with E-state index in [1.54, 1.807) is 12.1 Å². The topological polar surface area (TPSA) is 67.5 Å². The summed E-state index contributed by atoms with van der Waals surface area (Å²) in [6.45, 7) is 0. The summed E-state index contributed by atoms with van der Waals surface area (Å²) in [6, 6.07) is 7.40. The van der Waals surface area contributed by atoms with Gasteiger partial charge >= 0.3 is 5.97 Å². The minimum Gasteiger partial charge on any atom is -0.478 e. The minimum atomic E-state index is -1.07. The molecule has 0 spiro atoms. The highest BCUT2D eigenvalue weighted by Crippen LogP contribution is 2.25. The number of aromatic carboxylic acids is 1. The van der Waals surface area contributed by atoms with Crippen molar-refractivity contribution >= 4 is 27.5 Å². The van der Waals surface area contributed by atoms with E-state index < -0.39 is 11.8 Å². The number of aromatic nitrogens is 3. The number of hydrogen-bond donors (Lipinski definition) is 1. The Morgan fingerprint density at radius 1 is 1.25 bits per heavy atom. The molecule has 3 aromatic rings. The summed E-state index contributed by atoms with van der Waals surface area (Å²) >= 11 is 3.27. The Morgan fingerprint density at radius 3 is 2.80 bits per heavy atom. The van der Waals surface area contributed by atoms with Gasteiger partial charge in [0.15, 0.2) is 11.5 Å². The zero-order valence-corrected chi connectivity index (χ0v) is 11.5. The maximum atomic E-state index is 13.9. The number of carboxylic acid groups (broad SMARTS) is 1. The number of benzene rings is 1. The third-order valence-corrected chi connectivity index (χ3v) is 3.31. The summed E-state index contributed by atoms with van der Waals surface area (Å²) in [4.78, 5) is 11.0. The maximum absolute atomic E-state index is 13.9. The van der Waals surface area contributed by atoms with Gasteiger partial charge in [-0.2, -0.15) is 0 Å². The first-order valence-corrected chi connectivity index (χ1v) is 6.39. The van der Waals surface area contributed by atoms with Crippen LogP contribution in [0.5, 0.6) is 0 Å². The van der Waals surface area contributed by atoms with Gasteiger partial charge < -0.3 is 5.11 Å². The van der Waals surface area contributed by atoms with Crippen LogP contribution in [0, 0.1) is 5.82 Å². The summed E-state index contributed by atoms with van der Waals surface area (Å²) < 4.78 is 16.0. The highest BCUT2D eigenvalue weighted by atomic mass is 79.9. The highest BCUT2D eigenvalue weighted by Gasteiger charge is 2.14. The predicted molar refractivity (Wildman–Crippen MR) is 73.0 cm³/mol.